The summed E-state index contributed by atoms with van der Waals surface area (Å²) >= 11 is 0. The summed E-state index contributed by atoms with van der Waals surface area (Å²) in [6.07, 6.45) is 7.36. The first kappa shape index (κ1) is 10.3. The highest BCUT2D eigenvalue weighted by Gasteiger charge is 2.24. The van der Waals surface area contributed by atoms with Crippen molar-refractivity contribution < 1.29 is 5.11 Å². The van der Waals surface area contributed by atoms with E-state index in [0.717, 1.165) is 23.8 Å². The van der Waals surface area contributed by atoms with Crippen LogP contribution in [0.3, 0.4) is 0 Å². The zero-order chi connectivity index (χ0) is 11.0. The molecule has 1 nitrogen and oxygen atoms in total. The van der Waals surface area contributed by atoms with Crippen molar-refractivity contribution in [1.82, 2.24) is 0 Å². The minimum Gasteiger partial charge on any atom is -0.388 e. The van der Waals surface area contributed by atoms with Gasteiger partial charge in [-0.05, 0) is 48.6 Å². The van der Waals surface area contributed by atoms with Gasteiger partial charge in [0.25, 0.3) is 0 Å². The molecule has 2 aliphatic carbocycles. The van der Waals surface area contributed by atoms with E-state index in [1.54, 1.807) is 0 Å². The molecule has 16 heavy (non-hydrogen) atoms. The molecule has 1 aromatic rings. The van der Waals surface area contributed by atoms with E-state index in [4.69, 9.17) is 0 Å². The van der Waals surface area contributed by atoms with Gasteiger partial charge in [-0.3, -0.25) is 0 Å². The zero-order valence-corrected chi connectivity index (χ0v) is 9.73. The summed E-state index contributed by atoms with van der Waals surface area (Å²) in [6.45, 7) is 0. The van der Waals surface area contributed by atoms with Gasteiger partial charge in [-0.2, -0.15) is 0 Å². The summed E-state index contributed by atoms with van der Waals surface area (Å²) in [4.78, 5) is 0. The summed E-state index contributed by atoms with van der Waals surface area (Å²) in [7, 11) is 0. The van der Waals surface area contributed by atoms with Crippen LogP contribution in [-0.2, 0) is 0 Å². The van der Waals surface area contributed by atoms with Crippen LogP contribution < -0.4 is 0 Å². The van der Waals surface area contributed by atoms with E-state index in [-0.39, 0.29) is 6.10 Å². The number of benzene rings is 1. The summed E-state index contributed by atoms with van der Waals surface area (Å²) < 4.78 is 0. The Balaban J connectivity index is 1.58. The molecule has 0 radical (unpaired) electrons. The monoisotopic (exact) mass is 216 g/mol. The van der Waals surface area contributed by atoms with E-state index in [9.17, 15) is 5.11 Å². The lowest BCUT2D eigenvalue weighted by molar-refractivity contribution is 0.162. The fraction of sp³-hybridized carbons (Fsp3) is 0.600. The Labute approximate surface area is 97.5 Å². The van der Waals surface area contributed by atoms with Gasteiger partial charge in [0.2, 0.25) is 0 Å². The molecule has 1 aromatic carbocycles. The van der Waals surface area contributed by atoms with Crippen LogP contribution in [0.5, 0.6) is 0 Å². The lowest BCUT2D eigenvalue weighted by atomic mass is 10.0. The third kappa shape index (κ3) is 2.46. The van der Waals surface area contributed by atoms with Gasteiger partial charge in [-0.25, -0.2) is 0 Å². The topological polar surface area (TPSA) is 20.2 Å². The van der Waals surface area contributed by atoms with Crippen LogP contribution in [-0.4, -0.2) is 5.11 Å². The fourth-order valence-corrected chi connectivity index (χ4v) is 2.37. The highest BCUT2D eigenvalue weighted by molar-refractivity contribution is 5.29. The van der Waals surface area contributed by atoms with Crippen molar-refractivity contribution in [2.45, 2.75) is 50.5 Å². The van der Waals surface area contributed by atoms with E-state index in [1.165, 1.54) is 37.7 Å². The summed E-state index contributed by atoms with van der Waals surface area (Å²) in [5.74, 6) is 1.73. The zero-order valence-electron chi connectivity index (χ0n) is 9.73. The van der Waals surface area contributed by atoms with Crippen LogP contribution in [0, 0.1) is 5.92 Å². The molecule has 3 rings (SSSR count). The molecule has 2 saturated carbocycles. The predicted molar refractivity (Wildman–Crippen MR) is 65.3 cm³/mol. The van der Waals surface area contributed by atoms with Gasteiger partial charge >= 0.3 is 0 Å². The highest BCUT2D eigenvalue weighted by atomic mass is 16.3. The smallest absolute Gasteiger partial charge is 0.0790 e. The highest BCUT2D eigenvalue weighted by Crippen LogP contribution is 2.40. The van der Waals surface area contributed by atoms with Crippen LogP contribution >= 0.6 is 0 Å². The molecule has 0 bridgehead atoms. The molecule has 86 valence electrons. The molecular formula is C15H20O. The number of aliphatic hydroxyl groups excluding tert-OH is 1. The Bertz CT molecular complexity index is 346. The Morgan fingerprint density at radius 2 is 1.75 bits per heavy atom. The lowest BCUT2D eigenvalue weighted by Gasteiger charge is -2.11. The Kier molecular flexibility index (Phi) is 2.72. The van der Waals surface area contributed by atoms with Crippen molar-refractivity contribution in [2.24, 2.45) is 5.92 Å². The quantitative estimate of drug-likeness (QED) is 0.794. The van der Waals surface area contributed by atoms with Crippen molar-refractivity contribution in [2.75, 3.05) is 0 Å². The third-order valence-corrected chi connectivity index (χ3v) is 3.92. The average molecular weight is 216 g/mol. The molecule has 1 atom stereocenters. The normalized spacial score (nSPS) is 22.1. The second-order valence-electron chi connectivity index (χ2n) is 5.48. The SMILES string of the molecule is OC(CCC1CC1)c1ccc(C2CC2)cc1. The first-order valence-corrected chi connectivity index (χ1v) is 6.61. The van der Waals surface area contributed by atoms with E-state index >= 15 is 0 Å². The second kappa shape index (κ2) is 4.21. The van der Waals surface area contributed by atoms with Crippen LogP contribution in [0.4, 0.5) is 0 Å². The third-order valence-electron chi connectivity index (χ3n) is 3.92. The summed E-state index contributed by atoms with van der Waals surface area (Å²) in [5.41, 5.74) is 2.56. The van der Waals surface area contributed by atoms with Crippen LogP contribution in [0.15, 0.2) is 24.3 Å². The van der Waals surface area contributed by atoms with Crippen molar-refractivity contribution in [3.05, 3.63) is 35.4 Å². The van der Waals surface area contributed by atoms with E-state index in [0.29, 0.717) is 0 Å². The predicted octanol–water partition coefficient (Wildman–Crippen LogP) is 3.79. The van der Waals surface area contributed by atoms with E-state index < -0.39 is 0 Å². The number of hydrogen-bond donors (Lipinski definition) is 1. The Morgan fingerprint density at radius 1 is 1.06 bits per heavy atom. The minimum atomic E-state index is -0.242. The van der Waals surface area contributed by atoms with Gasteiger partial charge < -0.3 is 5.11 Å². The molecule has 0 spiro atoms. The largest absolute Gasteiger partial charge is 0.388 e. The molecule has 0 amide bonds. The number of hydrogen-bond acceptors (Lipinski definition) is 1. The van der Waals surface area contributed by atoms with Crippen LogP contribution in [0.1, 0.15) is 61.7 Å². The van der Waals surface area contributed by atoms with E-state index in [1.807, 2.05) is 0 Å². The summed E-state index contributed by atoms with van der Waals surface area (Å²) in [5, 5.41) is 10.0. The molecule has 0 aliphatic heterocycles. The molecule has 0 heterocycles. The Morgan fingerprint density at radius 3 is 2.31 bits per heavy atom. The van der Waals surface area contributed by atoms with Crippen molar-refractivity contribution in [3.8, 4) is 0 Å². The molecule has 2 fully saturated rings. The molecule has 0 aromatic heterocycles. The maximum absolute atomic E-state index is 10.0. The van der Waals surface area contributed by atoms with E-state index in [2.05, 4.69) is 24.3 Å². The first-order chi connectivity index (χ1) is 7.83. The average Bonchev–Trinajstić information content (AvgIpc) is 3.19. The first-order valence-electron chi connectivity index (χ1n) is 6.61. The van der Waals surface area contributed by atoms with Gasteiger partial charge in [0, 0.05) is 0 Å². The molecule has 1 heteroatoms. The van der Waals surface area contributed by atoms with Crippen molar-refractivity contribution in [1.29, 1.82) is 0 Å². The minimum absolute atomic E-state index is 0.242. The van der Waals surface area contributed by atoms with Gasteiger partial charge in [0.15, 0.2) is 0 Å². The van der Waals surface area contributed by atoms with Gasteiger partial charge in [0.1, 0.15) is 0 Å². The number of aliphatic hydroxyl groups is 1. The molecule has 0 saturated heterocycles. The molecule has 1 unspecified atom stereocenters. The van der Waals surface area contributed by atoms with Crippen molar-refractivity contribution in [3.63, 3.8) is 0 Å². The second-order valence-corrected chi connectivity index (χ2v) is 5.48. The van der Waals surface area contributed by atoms with Crippen LogP contribution in [0.25, 0.3) is 0 Å². The maximum atomic E-state index is 10.0. The molecule has 2 aliphatic rings. The molecular weight excluding hydrogens is 196 g/mol. The lowest BCUT2D eigenvalue weighted by Crippen LogP contribution is -1.98. The fourth-order valence-electron chi connectivity index (χ4n) is 2.37. The molecule has 1 N–H and O–H groups in total. The van der Waals surface area contributed by atoms with Crippen LogP contribution in [0.2, 0.25) is 0 Å². The van der Waals surface area contributed by atoms with Gasteiger partial charge in [-0.15, -0.1) is 0 Å². The van der Waals surface area contributed by atoms with Crippen molar-refractivity contribution >= 4 is 0 Å². The summed E-state index contributed by atoms with van der Waals surface area (Å²) in [6, 6.07) is 8.64. The van der Waals surface area contributed by atoms with Gasteiger partial charge in [0.05, 0.1) is 6.10 Å². The standard InChI is InChI=1S/C15H20O/c16-15(10-3-11-1-2-11)14-8-6-13(7-9-14)12-4-5-12/h6-9,11-12,15-16H,1-5,10H2. The number of rotatable bonds is 5. The Hall–Kier alpha value is -0.820. The van der Waals surface area contributed by atoms with Gasteiger partial charge in [-0.1, -0.05) is 37.1 Å². The maximum Gasteiger partial charge on any atom is 0.0790 e.